The summed E-state index contributed by atoms with van der Waals surface area (Å²) < 4.78 is 11.1. The zero-order valence-corrected chi connectivity index (χ0v) is 13.4. The maximum atomic E-state index is 5.69. The number of rotatable bonds is 9. The maximum Gasteiger partial charge on any atom is 0.184 e. The van der Waals surface area contributed by atoms with Crippen molar-refractivity contribution in [1.82, 2.24) is 4.90 Å². The average Bonchev–Trinajstić information content (AvgIpc) is 2.54. The predicted molar refractivity (Wildman–Crippen MR) is 92.1 cm³/mol. The van der Waals surface area contributed by atoms with Gasteiger partial charge in [0.15, 0.2) is 11.5 Å². The minimum absolute atomic E-state index is 0.681. The molecule has 1 aromatic rings. The third kappa shape index (κ3) is 4.28. The zero-order chi connectivity index (χ0) is 15.8. The number of hydrogen-bond acceptors (Lipinski definition) is 4. The fourth-order valence-corrected chi connectivity index (χ4v) is 2.70. The first-order chi connectivity index (χ1) is 10.8. The lowest BCUT2D eigenvalue weighted by molar-refractivity contribution is 0.297. The molecule has 22 heavy (non-hydrogen) atoms. The van der Waals surface area contributed by atoms with Gasteiger partial charge < -0.3 is 14.8 Å². The summed E-state index contributed by atoms with van der Waals surface area (Å²) in [4.78, 5) is 2.33. The summed E-state index contributed by atoms with van der Waals surface area (Å²) in [6, 6.07) is 4.25. The first-order valence-electron chi connectivity index (χ1n) is 7.80. The third-order valence-electron chi connectivity index (χ3n) is 3.71. The first-order valence-corrected chi connectivity index (χ1v) is 7.80. The largest absolute Gasteiger partial charge is 0.493 e. The molecule has 4 nitrogen and oxygen atoms in total. The number of anilines is 1. The number of benzene rings is 1. The van der Waals surface area contributed by atoms with Crippen LogP contribution in [0.4, 0.5) is 5.69 Å². The van der Waals surface area contributed by atoms with E-state index >= 15 is 0 Å². The Balaban J connectivity index is 1.97. The van der Waals surface area contributed by atoms with Crippen molar-refractivity contribution in [2.24, 2.45) is 0 Å². The van der Waals surface area contributed by atoms with Gasteiger partial charge in [-0.15, -0.1) is 13.2 Å². The topological polar surface area (TPSA) is 33.7 Å². The minimum atomic E-state index is 0.681. The summed E-state index contributed by atoms with van der Waals surface area (Å²) in [5.74, 6) is 1.64. The molecular formula is C18H26N2O2. The predicted octanol–water partition coefficient (Wildman–Crippen LogP) is 3.11. The van der Waals surface area contributed by atoms with Crippen molar-refractivity contribution >= 4 is 5.69 Å². The van der Waals surface area contributed by atoms with E-state index in [2.05, 4.69) is 35.5 Å². The van der Waals surface area contributed by atoms with E-state index < -0.39 is 0 Å². The van der Waals surface area contributed by atoms with Crippen LogP contribution in [0.1, 0.15) is 12.0 Å². The summed E-state index contributed by atoms with van der Waals surface area (Å²) >= 11 is 0. The molecule has 4 heteroatoms. The molecule has 1 aromatic carbocycles. The van der Waals surface area contributed by atoms with E-state index in [1.165, 1.54) is 5.56 Å². The molecule has 0 atom stereocenters. The molecule has 0 bridgehead atoms. The van der Waals surface area contributed by atoms with Crippen LogP contribution in [0.15, 0.2) is 37.4 Å². The average molecular weight is 302 g/mol. The van der Waals surface area contributed by atoms with Gasteiger partial charge in [-0.1, -0.05) is 12.2 Å². The molecule has 0 saturated heterocycles. The molecule has 1 aliphatic heterocycles. The van der Waals surface area contributed by atoms with Crippen LogP contribution in [0, 0.1) is 0 Å². The van der Waals surface area contributed by atoms with Crippen LogP contribution in [-0.4, -0.2) is 44.8 Å². The Morgan fingerprint density at radius 1 is 1.32 bits per heavy atom. The van der Waals surface area contributed by atoms with Gasteiger partial charge in [0.05, 0.1) is 12.8 Å². The normalized spacial score (nSPS) is 13.0. The van der Waals surface area contributed by atoms with E-state index in [4.69, 9.17) is 9.47 Å². The Morgan fingerprint density at radius 3 is 2.77 bits per heavy atom. The van der Waals surface area contributed by atoms with Gasteiger partial charge in [-0.05, 0) is 37.1 Å². The molecule has 0 spiro atoms. The number of methoxy groups -OCH3 is 1. The van der Waals surface area contributed by atoms with Crippen molar-refractivity contribution in [3.8, 4) is 11.5 Å². The second-order valence-electron chi connectivity index (χ2n) is 5.39. The molecule has 2 rings (SSSR count). The molecule has 1 heterocycles. The van der Waals surface area contributed by atoms with Crippen molar-refractivity contribution in [3.05, 3.63) is 43.0 Å². The number of nitrogens with zero attached hydrogens (tertiary/aromatic N) is 1. The molecule has 0 aliphatic carbocycles. The fourth-order valence-electron chi connectivity index (χ4n) is 2.70. The molecule has 0 saturated carbocycles. The highest BCUT2D eigenvalue weighted by Gasteiger charge is 2.16. The standard InChI is InChI=1S/C18H26N2O2/c1-4-9-20(10-5-2)11-6-7-15-13-16-18(17(14-15)21-3)22-12-8-19-16/h4-5,13-14,19H,1-2,6-12H2,3H3. The Bertz CT molecular complexity index is 487. The zero-order valence-electron chi connectivity index (χ0n) is 13.4. The van der Waals surface area contributed by atoms with Gasteiger partial charge in [0.2, 0.25) is 0 Å². The van der Waals surface area contributed by atoms with Crippen LogP contribution < -0.4 is 14.8 Å². The summed E-state index contributed by atoms with van der Waals surface area (Å²) in [6.45, 7) is 12.0. The minimum Gasteiger partial charge on any atom is -0.493 e. The number of fused-ring (bicyclic) bond motifs is 1. The van der Waals surface area contributed by atoms with Crippen LogP contribution in [0.5, 0.6) is 11.5 Å². The van der Waals surface area contributed by atoms with Crippen molar-refractivity contribution in [2.75, 3.05) is 45.2 Å². The highest BCUT2D eigenvalue weighted by molar-refractivity contribution is 5.66. The van der Waals surface area contributed by atoms with Gasteiger partial charge in [-0.25, -0.2) is 0 Å². The second kappa shape index (κ2) is 8.49. The van der Waals surface area contributed by atoms with Gasteiger partial charge in [-0.2, -0.15) is 0 Å². The summed E-state index contributed by atoms with van der Waals surface area (Å²) in [6.07, 6.45) is 5.97. The lowest BCUT2D eigenvalue weighted by atomic mass is 10.1. The smallest absolute Gasteiger partial charge is 0.184 e. The molecule has 1 N–H and O–H groups in total. The lowest BCUT2D eigenvalue weighted by Crippen LogP contribution is -2.25. The van der Waals surface area contributed by atoms with E-state index in [-0.39, 0.29) is 0 Å². The van der Waals surface area contributed by atoms with Crippen LogP contribution in [0.2, 0.25) is 0 Å². The van der Waals surface area contributed by atoms with E-state index in [1.54, 1.807) is 7.11 Å². The molecule has 0 amide bonds. The summed E-state index contributed by atoms with van der Waals surface area (Å²) in [5, 5.41) is 3.38. The van der Waals surface area contributed by atoms with Crippen molar-refractivity contribution < 1.29 is 9.47 Å². The highest BCUT2D eigenvalue weighted by atomic mass is 16.5. The molecule has 0 aromatic heterocycles. The van der Waals surface area contributed by atoms with Gasteiger partial charge in [-0.3, -0.25) is 4.90 Å². The number of hydrogen-bond donors (Lipinski definition) is 1. The van der Waals surface area contributed by atoms with Gasteiger partial charge in [0.1, 0.15) is 6.61 Å². The van der Waals surface area contributed by atoms with Gasteiger partial charge in [0.25, 0.3) is 0 Å². The van der Waals surface area contributed by atoms with Crippen LogP contribution in [0.25, 0.3) is 0 Å². The quantitative estimate of drug-likeness (QED) is 0.711. The van der Waals surface area contributed by atoms with Crippen LogP contribution >= 0.6 is 0 Å². The van der Waals surface area contributed by atoms with E-state index in [1.807, 2.05) is 12.2 Å². The van der Waals surface area contributed by atoms with Crippen molar-refractivity contribution in [3.63, 3.8) is 0 Å². The number of nitrogens with one attached hydrogen (secondary N) is 1. The maximum absolute atomic E-state index is 5.69. The van der Waals surface area contributed by atoms with Crippen LogP contribution in [0.3, 0.4) is 0 Å². The van der Waals surface area contributed by atoms with Crippen molar-refractivity contribution in [2.45, 2.75) is 12.8 Å². The lowest BCUT2D eigenvalue weighted by Gasteiger charge is -2.23. The molecule has 0 unspecified atom stereocenters. The Kier molecular flexibility index (Phi) is 6.34. The summed E-state index contributed by atoms with van der Waals surface area (Å²) in [5.41, 5.74) is 2.31. The SMILES string of the molecule is C=CCN(CC=C)CCCc1cc2c(c(OC)c1)OCCN2. The molecule has 1 aliphatic rings. The fraction of sp³-hybridized carbons (Fsp3) is 0.444. The molecule has 0 fully saturated rings. The van der Waals surface area contributed by atoms with E-state index in [0.29, 0.717) is 6.61 Å². The Hall–Kier alpha value is -1.94. The van der Waals surface area contributed by atoms with E-state index in [0.717, 1.165) is 56.2 Å². The molecule has 0 radical (unpaired) electrons. The van der Waals surface area contributed by atoms with Gasteiger partial charge >= 0.3 is 0 Å². The first kappa shape index (κ1) is 16.4. The highest BCUT2D eigenvalue weighted by Crippen LogP contribution is 2.38. The summed E-state index contributed by atoms with van der Waals surface area (Å²) in [7, 11) is 1.69. The van der Waals surface area contributed by atoms with Crippen molar-refractivity contribution in [1.29, 1.82) is 0 Å². The van der Waals surface area contributed by atoms with Crippen LogP contribution in [-0.2, 0) is 6.42 Å². The monoisotopic (exact) mass is 302 g/mol. The van der Waals surface area contributed by atoms with E-state index in [9.17, 15) is 0 Å². The number of aryl methyl sites for hydroxylation is 1. The molecule has 120 valence electrons. The van der Waals surface area contributed by atoms with Gasteiger partial charge in [0, 0.05) is 19.6 Å². The second-order valence-corrected chi connectivity index (χ2v) is 5.39. The Morgan fingerprint density at radius 2 is 2.09 bits per heavy atom. The number of ether oxygens (including phenoxy) is 2. The third-order valence-corrected chi connectivity index (χ3v) is 3.71. The molecular weight excluding hydrogens is 276 g/mol. The Labute approximate surface area is 133 Å².